The van der Waals surface area contributed by atoms with Crippen LogP contribution in [0.2, 0.25) is 0 Å². The van der Waals surface area contributed by atoms with Gasteiger partial charge in [0.2, 0.25) is 0 Å². The molecule has 0 amide bonds. The van der Waals surface area contributed by atoms with Crippen molar-refractivity contribution in [3.63, 3.8) is 0 Å². The highest BCUT2D eigenvalue weighted by Crippen LogP contribution is 2.54. The molecule has 0 saturated heterocycles. The van der Waals surface area contributed by atoms with Crippen molar-refractivity contribution in [1.29, 1.82) is 0 Å². The largest absolute Gasteiger partial charge is 0.460 e. The first kappa shape index (κ1) is 17.0. The number of rotatable bonds is 4. The molecule has 17 heavy (non-hydrogen) atoms. The lowest BCUT2D eigenvalue weighted by atomic mass is 10.0. The molecule has 1 unspecified atom stereocenters. The smallest absolute Gasteiger partial charge is 0.236 e. The Balaban J connectivity index is 5.39. The van der Waals surface area contributed by atoms with Crippen LogP contribution in [-0.4, -0.2) is 28.1 Å². The Labute approximate surface area is 101 Å². The quantitative estimate of drug-likeness (QED) is 0.374. The van der Waals surface area contributed by atoms with Crippen LogP contribution >= 0.6 is 22.6 Å². The van der Waals surface area contributed by atoms with Gasteiger partial charge in [-0.3, -0.25) is 0 Å². The number of alkyl halides is 11. The molecule has 0 rings (SSSR count). The van der Waals surface area contributed by atoms with Crippen LogP contribution in [0.3, 0.4) is 0 Å². The Morgan fingerprint density at radius 3 is 1.35 bits per heavy atom. The van der Waals surface area contributed by atoms with E-state index in [2.05, 4.69) is 0 Å². The van der Waals surface area contributed by atoms with Gasteiger partial charge in [-0.2, -0.15) is 39.5 Å². The highest BCUT2D eigenvalue weighted by atomic mass is 127. The second-order valence-corrected chi connectivity index (χ2v) is 4.30. The Morgan fingerprint density at radius 1 is 0.765 bits per heavy atom. The Morgan fingerprint density at radius 2 is 1.12 bits per heavy atom. The summed E-state index contributed by atoms with van der Waals surface area (Å²) in [5.41, 5.74) is 0. The van der Waals surface area contributed by atoms with Crippen molar-refractivity contribution in [3.8, 4) is 0 Å². The molecule has 0 nitrogen and oxygen atoms in total. The Kier molecular flexibility index (Phi) is 4.62. The fourth-order valence-corrected chi connectivity index (χ4v) is 1.28. The van der Waals surface area contributed by atoms with E-state index in [4.69, 9.17) is 0 Å². The van der Waals surface area contributed by atoms with E-state index < -0.39 is 34.5 Å². The van der Waals surface area contributed by atoms with Crippen molar-refractivity contribution in [2.45, 2.75) is 34.5 Å². The molecule has 0 fully saturated rings. The van der Waals surface area contributed by atoms with E-state index in [1.165, 1.54) is 0 Å². The molecule has 0 radical (unpaired) electrons. The van der Waals surface area contributed by atoms with Crippen molar-refractivity contribution in [1.82, 2.24) is 0 Å². The summed E-state index contributed by atoms with van der Waals surface area (Å²) in [6.45, 7) is 0. The minimum Gasteiger partial charge on any atom is -0.236 e. The maximum Gasteiger partial charge on any atom is 0.460 e. The van der Waals surface area contributed by atoms with E-state index in [1.54, 1.807) is 0 Å². The van der Waals surface area contributed by atoms with Gasteiger partial charge in [-0.1, -0.05) is 0 Å². The molecule has 0 aromatic carbocycles. The predicted molar refractivity (Wildman–Crippen MR) is 44.4 cm³/mol. The second kappa shape index (κ2) is 4.61. The second-order valence-electron chi connectivity index (χ2n) is 2.95. The van der Waals surface area contributed by atoms with Gasteiger partial charge in [0.1, 0.15) is 0 Å². The predicted octanol–water partition coefficient (Wildman–Crippen LogP) is 4.58. The molecule has 0 N–H and O–H groups in total. The molecule has 0 aliphatic heterocycles. The van der Waals surface area contributed by atoms with Gasteiger partial charge >= 0.3 is 23.9 Å². The van der Waals surface area contributed by atoms with E-state index >= 15 is 0 Å². The molecule has 0 aromatic heterocycles. The molecule has 0 aliphatic carbocycles. The fraction of sp³-hybridized carbons (Fsp3) is 1.00. The lowest BCUT2D eigenvalue weighted by Gasteiger charge is -2.33. The first-order valence-electron chi connectivity index (χ1n) is 3.65. The van der Waals surface area contributed by atoms with Crippen molar-refractivity contribution < 1.29 is 43.9 Å². The number of halogens is 11. The van der Waals surface area contributed by atoms with Crippen LogP contribution in [0.1, 0.15) is 6.42 Å². The SMILES string of the molecule is FC(I)CC(F)(F)C(F)(F)C(F)(F)C(F)(F)F. The maximum atomic E-state index is 12.5. The highest BCUT2D eigenvalue weighted by Gasteiger charge is 2.81. The van der Waals surface area contributed by atoms with E-state index in [9.17, 15) is 43.9 Å². The van der Waals surface area contributed by atoms with Gasteiger partial charge < -0.3 is 0 Å². The average molecular weight is 392 g/mol. The summed E-state index contributed by atoms with van der Waals surface area (Å²) >= 11 is 0.551. The molecular formula is C6H3F10I. The van der Waals surface area contributed by atoms with Crippen LogP contribution in [0, 0.1) is 0 Å². The minimum atomic E-state index is -6.95. The number of hydrogen-bond donors (Lipinski definition) is 0. The zero-order chi connectivity index (χ0) is 14.3. The molecule has 0 bridgehead atoms. The van der Waals surface area contributed by atoms with E-state index in [0.29, 0.717) is 22.6 Å². The normalized spacial score (nSPS) is 17.1. The van der Waals surface area contributed by atoms with Crippen molar-refractivity contribution in [3.05, 3.63) is 0 Å². The van der Waals surface area contributed by atoms with Gasteiger partial charge in [-0.05, 0) is 22.6 Å². The molecule has 0 spiro atoms. The summed E-state index contributed by atoms with van der Waals surface area (Å²) in [6.07, 6.45) is -9.32. The average Bonchev–Trinajstić information content (AvgIpc) is 1.98. The molecule has 0 saturated carbocycles. The molecule has 11 heteroatoms. The summed E-state index contributed by atoms with van der Waals surface area (Å²) in [5.74, 6) is -19.5. The molecule has 1 atom stereocenters. The summed E-state index contributed by atoms with van der Waals surface area (Å²) in [7, 11) is 0. The van der Waals surface area contributed by atoms with Crippen LogP contribution in [0.15, 0.2) is 0 Å². The molecule has 104 valence electrons. The van der Waals surface area contributed by atoms with Crippen molar-refractivity contribution in [2.75, 3.05) is 0 Å². The van der Waals surface area contributed by atoms with Gasteiger partial charge in [-0.25, -0.2) is 4.39 Å². The van der Waals surface area contributed by atoms with Gasteiger partial charge in [0.25, 0.3) is 0 Å². The Bertz CT molecular complexity index is 266. The van der Waals surface area contributed by atoms with E-state index in [-0.39, 0.29) is 0 Å². The van der Waals surface area contributed by atoms with Crippen LogP contribution < -0.4 is 0 Å². The van der Waals surface area contributed by atoms with Crippen LogP contribution in [0.4, 0.5) is 43.9 Å². The summed E-state index contributed by atoms with van der Waals surface area (Å²) in [4.78, 5) is 0. The van der Waals surface area contributed by atoms with Crippen LogP contribution in [-0.2, 0) is 0 Å². The van der Waals surface area contributed by atoms with E-state index in [0.717, 1.165) is 0 Å². The topological polar surface area (TPSA) is 0 Å². The maximum absolute atomic E-state index is 12.5. The third-order valence-electron chi connectivity index (χ3n) is 1.62. The third-order valence-corrected chi connectivity index (χ3v) is 2.06. The molecular weight excluding hydrogens is 389 g/mol. The monoisotopic (exact) mass is 392 g/mol. The fourth-order valence-electron chi connectivity index (χ4n) is 0.730. The lowest BCUT2D eigenvalue weighted by molar-refractivity contribution is -0.397. The summed E-state index contributed by atoms with van der Waals surface area (Å²) in [5, 5.41) is 0. The number of hydrogen-bond acceptors (Lipinski definition) is 0. The first-order valence-corrected chi connectivity index (χ1v) is 4.89. The molecule has 0 heterocycles. The zero-order valence-corrected chi connectivity index (χ0v) is 9.60. The zero-order valence-electron chi connectivity index (χ0n) is 7.44. The molecule has 0 aliphatic rings. The highest BCUT2D eigenvalue weighted by molar-refractivity contribution is 14.1. The van der Waals surface area contributed by atoms with Gasteiger partial charge in [0.15, 0.2) is 4.18 Å². The van der Waals surface area contributed by atoms with Crippen LogP contribution in [0.5, 0.6) is 0 Å². The molecule has 0 aromatic rings. The standard InChI is InChI=1S/C6H3F10I/c7-2(17)1-3(8,9)4(10,11)5(12,13)6(14,15)16/h2H,1H2. The van der Waals surface area contributed by atoms with Gasteiger partial charge in [0.05, 0.1) is 6.42 Å². The Hall–Kier alpha value is 0.0300. The van der Waals surface area contributed by atoms with Crippen molar-refractivity contribution in [2.24, 2.45) is 0 Å². The van der Waals surface area contributed by atoms with Gasteiger partial charge in [-0.15, -0.1) is 0 Å². The van der Waals surface area contributed by atoms with Crippen LogP contribution in [0.25, 0.3) is 0 Å². The first-order chi connectivity index (χ1) is 7.17. The van der Waals surface area contributed by atoms with E-state index in [1.807, 2.05) is 0 Å². The lowest BCUT2D eigenvalue weighted by Crippen LogP contribution is -2.61. The summed E-state index contributed by atoms with van der Waals surface area (Å²) < 4.78 is 118. The van der Waals surface area contributed by atoms with Crippen molar-refractivity contribution >= 4 is 22.6 Å². The van der Waals surface area contributed by atoms with Gasteiger partial charge in [0, 0.05) is 0 Å². The third kappa shape index (κ3) is 3.08. The summed E-state index contributed by atoms with van der Waals surface area (Å²) in [6, 6.07) is 0. The minimum absolute atomic E-state index is 0.551.